The second kappa shape index (κ2) is 8.24. The molecule has 0 aliphatic carbocycles. The van der Waals surface area contributed by atoms with Crippen LogP contribution in [0.15, 0.2) is 27.1 Å². The van der Waals surface area contributed by atoms with Crippen LogP contribution in [-0.4, -0.2) is 20.8 Å². The van der Waals surface area contributed by atoms with Gasteiger partial charge < -0.3 is 4.74 Å². The molecule has 0 aromatic heterocycles. The van der Waals surface area contributed by atoms with Crippen LogP contribution >= 0.6 is 31.9 Å². The molecule has 4 nitrogen and oxygen atoms in total. The normalized spacial score (nSPS) is 11.5. The first-order valence-corrected chi connectivity index (χ1v) is 9.27. The fraction of sp³-hybridized carbons (Fsp3) is 0.500. The zero-order chi connectivity index (χ0) is 14.3. The number of primary sulfonamides is 1. The maximum absolute atomic E-state index is 10.7. The van der Waals surface area contributed by atoms with Crippen LogP contribution in [0, 0.1) is 0 Å². The number of hydrogen-bond acceptors (Lipinski definition) is 3. The van der Waals surface area contributed by atoms with E-state index in [1.807, 2.05) is 18.2 Å². The highest BCUT2D eigenvalue weighted by molar-refractivity contribution is 9.11. The minimum atomic E-state index is -3.31. The van der Waals surface area contributed by atoms with Crippen molar-refractivity contribution in [2.45, 2.75) is 25.7 Å². The Morgan fingerprint density at radius 2 is 1.79 bits per heavy atom. The third-order valence-electron chi connectivity index (χ3n) is 2.47. The predicted molar refractivity (Wildman–Crippen MR) is 83.8 cm³/mol. The van der Waals surface area contributed by atoms with Crippen molar-refractivity contribution in [3.8, 4) is 5.75 Å². The van der Waals surface area contributed by atoms with Gasteiger partial charge in [0, 0.05) is 4.47 Å². The highest BCUT2D eigenvalue weighted by Gasteiger charge is 2.03. The number of hydrogen-bond donors (Lipinski definition) is 1. The first-order valence-electron chi connectivity index (χ1n) is 5.97. The van der Waals surface area contributed by atoms with E-state index in [9.17, 15) is 8.42 Å². The molecule has 2 N–H and O–H groups in total. The molecule has 0 aliphatic rings. The molecule has 19 heavy (non-hydrogen) atoms. The van der Waals surface area contributed by atoms with E-state index in [-0.39, 0.29) is 5.75 Å². The molecule has 0 unspecified atom stereocenters. The molecule has 1 aromatic rings. The number of benzene rings is 1. The summed E-state index contributed by atoms with van der Waals surface area (Å²) in [6.45, 7) is 0.621. The second-order valence-electron chi connectivity index (χ2n) is 4.20. The molecule has 108 valence electrons. The highest BCUT2D eigenvalue weighted by Crippen LogP contribution is 2.28. The summed E-state index contributed by atoms with van der Waals surface area (Å²) in [5.74, 6) is 0.874. The topological polar surface area (TPSA) is 69.4 Å². The van der Waals surface area contributed by atoms with Gasteiger partial charge >= 0.3 is 0 Å². The van der Waals surface area contributed by atoms with Crippen molar-refractivity contribution in [3.63, 3.8) is 0 Å². The fourth-order valence-corrected chi connectivity index (χ4v) is 3.30. The number of sulfonamides is 1. The Hall–Kier alpha value is -0.110. The summed E-state index contributed by atoms with van der Waals surface area (Å²) in [7, 11) is -3.31. The molecule has 0 amide bonds. The van der Waals surface area contributed by atoms with Gasteiger partial charge in [-0.2, -0.15) is 0 Å². The molecule has 7 heteroatoms. The van der Waals surface area contributed by atoms with Gasteiger partial charge in [0.1, 0.15) is 5.75 Å². The average molecular weight is 415 g/mol. The Bertz CT molecular complexity index is 506. The Balaban J connectivity index is 2.14. The molecule has 0 heterocycles. The molecule has 0 spiro atoms. The zero-order valence-corrected chi connectivity index (χ0v) is 14.4. The molecule has 0 saturated carbocycles. The van der Waals surface area contributed by atoms with E-state index in [2.05, 4.69) is 31.9 Å². The van der Waals surface area contributed by atoms with E-state index in [0.29, 0.717) is 13.0 Å². The third-order valence-corrected chi connectivity index (χ3v) is 4.45. The lowest BCUT2D eigenvalue weighted by Gasteiger charge is -2.08. The van der Waals surface area contributed by atoms with E-state index in [1.54, 1.807) is 0 Å². The average Bonchev–Trinajstić information content (AvgIpc) is 2.29. The lowest BCUT2D eigenvalue weighted by molar-refractivity contribution is 0.303. The predicted octanol–water partition coefficient (Wildman–Crippen LogP) is 3.44. The van der Waals surface area contributed by atoms with Gasteiger partial charge in [0.05, 0.1) is 16.8 Å². The maximum Gasteiger partial charge on any atom is 0.209 e. The summed E-state index contributed by atoms with van der Waals surface area (Å²) < 4.78 is 29.0. The van der Waals surface area contributed by atoms with Gasteiger partial charge in [0.15, 0.2) is 0 Å². The van der Waals surface area contributed by atoms with Crippen molar-refractivity contribution >= 4 is 41.9 Å². The lowest BCUT2D eigenvalue weighted by atomic mass is 10.2. The van der Waals surface area contributed by atoms with Crippen LogP contribution in [0.5, 0.6) is 5.75 Å². The summed E-state index contributed by atoms with van der Waals surface area (Å²) in [6, 6.07) is 5.75. The van der Waals surface area contributed by atoms with E-state index < -0.39 is 10.0 Å². The third kappa shape index (κ3) is 7.91. The standard InChI is InChI=1S/C12H17Br2NO3S/c13-10-5-6-12(11(14)9-10)18-7-3-1-2-4-8-19(15,16)17/h5-6,9H,1-4,7-8H2,(H2,15,16,17). The number of ether oxygens (including phenoxy) is 1. The van der Waals surface area contributed by atoms with Crippen LogP contribution < -0.4 is 9.88 Å². The van der Waals surface area contributed by atoms with Crippen molar-refractivity contribution in [2.24, 2.45) is 5.14 Å². The number of rotatable bonds is 8. The van der Waals surface area contributed by atoms with Gasteiger partial charge in [-0.3, -0.25) is 0 Å². The monoisotopic (exact) mass is 413 g/mol. The van der Waals surface area contributed by atoms with Gasteiger partial charge in [-0.1, -0.05) is 28.8 Å². The zero-order valence-electron chi connectivity index (χ0n) is 10.4. The van der Waals surface area contributed by atoms with Crippen molar-refractivity contribution < 1.29 is 13.2 Å². The fourth-order valence-electron chi connectivity index (χ4n) is 1.53. The van der Waals surface area contributed by atoms with Crippen molar-refractivity contribution in [2.75, 3.05) is 12.4 Å². The Morgan fingerprint density at radius 3 is 2.42 bits per heavy atom. The Labute approximate surface area is 131 Å². The number of unbranched alkanes of at least 4 members (excludes halogenated alkanes) is 3. The molecule has 0 saturated heterocycles. The summed E-state index contributed by atoms with van der Waals surface area (Å²) in [5.41, 5.74) is 0. The molecule has 0 radical (unpaired) electrons. The molecular formula is C12H17Br2NO3S. The smallest absolute Gasteiger partial charge is 0.209 e. The van der Waals surface area contributed by atoms with E-state index in [4.69, 9.17) is 9.88 Å². The van der Waals surface area contributed by atoms with Crippen LogP contribution in [0.3, 0.4) is 0 Å². The SMILES string of the molecule is NS(=O)(=O)CCCCCCOc1ccc(Br)cc1Br. The van der Waals surface area contributed by atoms with E-state index in [0.717, 1.165) is 34.0 Å². The second-order valence-corrected chi connectivity index (χ2v) is 7.71. The first-order chi connectivity index (χ1) is 8.88. The van der Waals surface area contributed by atoms with Crippen molar-refractivity contribution in [3.05, 3.63) is 27.1 Å². The van der Waals surface area contributed by atoms with E-state index >= 15 is 0 Å². The quantitative estimate of drug-likeness (QED) is 0.662. The van der Waals surface area contributed by atoms with Crippen LogP contribution in [0.25, 0.3) is 0 Å². The summed E-state index contributed by atoms with van der Waals surface area (Å²) in [4.78, 5) is 0. The van der Waals surface area contributed by atoms with Crippen LogP contribution in [-0.2, 0) is 10.0 Å². The maximum atomic E-state index is 10.7. The first kappa shape index (κ1) is 16.9. The molecule has 0 atom stereocenters. The van der Waals surface area contributed by atoms with Gasteiger partial charge in [-0.05, 0) is 47.0 Å². The van der Waals surface area contributed by atoms with Crippen LogP contribution in [0.2, 0.25) is 0 Å². The van der Waals surface area contributed by atoms with Gasteiger partial charge in [0.2, 0.25) is 10.0 Å². The van der Waals surface area contributed by atoms with Gasteiger partial charge in [-0.15, -0.1) is 0 Å². The van der Waals surface area contributed by atoms with Crippen molar-refractivity contribution in [1.82, 2.24) is 0 Å². The minimum absolute atomic E-state index is 0.0616. The lowest BCUT2D eigenvalue weighted by Crippen LogP contribution is -2.16. The largest absolute Gasteiger partial charge is 0.492 e. The van der Waals surface area contributed by atoms with E-state index in [1.165, 1.54) is 0 Å². The van der Waals surface area contributed by atoms with Crippen LogP contribution in [0.4, 0.5) is 0 Å². The number of nitrogens with two attached hydrogens (primary N) is 1. The van der Waals surface area contributed by atoms with Crippen LogP contribution in [0.1, 0.15) is 25.7 Å². The molecule has 0 bridgehead atoms. The molecule has 1 rings (SSSR count). The highest BCUT2D eigenvalue weighted by atomic mass is 79.9. The summed E-state index contributed by atoms with van der Waals surface area (Å²) >= 11 is 6.81. The molecule has 1 aromatic carbocycles. The van der Waals surface area contributed by atoms with Gasteiger partial charge in [0.25, 0.3) is 0 Å². The number of halogens is 2. The molecule has 0 aliphatic heterocycles. The Morgan fingerprint density at radius 1 is 1.11 bits per heavy atom. The molecule has 0 fully saturated rings. The van der Waals surface area contributed by atoms with Gasteiger partial charge in [-0.25, -0.2) is 13.6 Å². The minimum Gasteiger partial charge on any atom is -0.492 e. The Kier molecular flexibility index (Phi) is 7.35. The summed E-state index contributed by atoms with van der Waals surface area (Å²) in [5, 5.41) is 4.92. The van der Waals surface area contributed by atoms with Crippen molar-refractivity contribution in [1.29, 1.82) is 0 Å². The summed E-state index contributed by atoms with van der Waals surface area (Å²) in [6.07, 6.45) is 3.29. The molecular weight excluding hydrogens is 398 g/mol.